The summed E-state index contributed by atoms with van der Waals surface area (Å²) in [4.78, 5) is 22.2. The average molecular weight is 437 g/mol. The maximum Gasteiger partial charge on any atom is 0.175 e. The molecule has 6 rings (SSSR count). The number of aromatic nitrogens is 4. The number of thiophene rings is 1. The number of Topliss-reactive ketones (excluding diaryl/α,β-unsaturated/α-hetero) is 1. The van der Waals surface area contributed by atoms with E-state index in [9.17, 15) is 4.79 Å². The molecule has 30 heavy (non-hydrogen) atoms. The van der Waals surface area contributed by atoms with E-state index < -0.39 is 0 Å². The van der Waals surface area contributed by atoms with Crippen molar-refractivity contribution in [3.8, 4) is 0 Å². The summed E-state index contributed by atoms with van der Waals surface area (Å²) in [6.07, 6.45) is 6.11. The number of anilines is 1. The minimum atomic E-state index is -0.0839. The van der Waals surface area contributed by atoms with Crippen molar-refractivity contribution in [2.45, 2.75) is 35.0 Å². The summed E-state index contributed by atoms with van der Waals surface area (Å²) in [5.74, 6) is 0.933. The van der Waals surface area contributed by atoms with Gasteiger partial charge in [-0.25, -0.2) is 4.98 Å². The summed E-state index contributed by atoms with van der Waals surface area (Å²) in [6, 6.07) is 4.26. The topological polar surface area (TPSA) is 98.5 Å². The maximum atomic E-state index is 12.8. The first-order valence-corrected chi connectivity index (χ1v) is 11.6. The molecule has 0 fully saturated rings. The number of H-pyrrole nitrogens is 2. The van der Waals surface area contributed by atoms with Crippen molar-refractivity contribution in [3.05, 3.63) is 57.0 Å². The zero-order valence-corrected chi connectivity index (χ0v) is 18.0. The fraction of sp³-hybridized carbons (Fsp3) is 0.286. The number of nitrogens with one attached hydrogen (secondary N) is 4. The molecule has 3 aromatic heterocycles. The summed E-state index contributed by atoms with van der Waals surface area (Å²) in [6.45, 7) is 3.19. The van der Waals surface area contributed by atoms with E-state index >= 15 is 0 Å². The lowest BCUT2D eigenvalue weighted by Gasteiger charge is -2.31. The highest BCUT2D eigenvalue weighted by Gasteiger charge is 2.36. The van der Waals surface area contributed by atoms with E-state index in [2.05, 4.69) is 50.9 Å². The van der Waals surface area contributed by atoms with Crippen molar-refractivity contribution in [1.82, 2.24) is 25.5 Å². The Hall–Kier alpha value is -2.62. The molecule has 0 saturated heterocycles. The van der Waals surface area contributed by atoms with Gasteiger partial charge in [-0.05, 0) is 49.7 Å². The van der Waals surface area contributed by atoms with Gasteiger partial charge in [0, 0.05) is 33.9 Å². The molecular weight excluding hydrogens is 416 g/mol. The second-order valence-electron chi connectivity index (χ2n) is 7.83. The number of hydrogen-bond donors (Lipinski definition) is 4. The quantitative estimate of drug-likeness (QED) is 0.500. The van der Waals surface area contributed by atoms with Crippen molar-refractivity contribution in [2.24, 2.45) is 0 Å². The van der Waals surface area contributed by atoms with Crippen LogP contribution in [0.25, 0.3) is 6.08 Å². The Morgan fingerprint density at radius 2 is 2.17 bits per heavy atom. The number of nitrogens with zero attached hydrogens (tertiary/aromatic N) is 2. The number of aromatic amines is 2. The van der Waals surface area contributed by atoms with E-state index in [0.29, 0.717) is 13.1 Å². The largest absolute Gasteiger partial charge is 0.342 e. The van der Waals surface area contributed by atoms with Gasteiger partial charge in [-0.15, -0.1) is 11.3 Å². The van der Waals surface area contributed by atoms with Gasteiger partial charge in [-0.2, -0.15) is 5.10 Å². The van der Waals surface area contributed by atoms with Crippen molar-refractivity contribution in [2.75, 3.05) is 18.4 Å². The Balaban J connectivity index is 1.33. The molecule has 2 aliphatic heterocycles. The van der Waals surface area contributed by atoms with Crippen LogP contribution in [0.5, 0.6) is 0 Å². The lowest BCUT2D eigenvalue weighted by molar-refractivity contribution is -0.115. The number of carbonyl (C=O) groups excluding carboxylic acids is 1. The number of imidazole rings is 1. The Morgan fingerprint density at radius 3 is 3.10 bits per heavy atom. The first-order valence-electron chi connectivity index (χ1n) is 9.96. The zero-order valence-electron chi connectivity index (χ0n) is 16.3. The molecule has 0 aromatic carbocycles. The van der Waals surface area contributed by atoms with Crippen LogP contribution in [0.4, 0.5) is 5.82 Å². The Bertz CT molecular complexity index is 1230. The molecule has 3 aromatic rings. The second kappa shape index (κ2) is 6.97. The Kier molecular flexibility index (Phi) is 4.22. The van der Waals surface area contributed by atoms with Gasteiger partial charge in [-0.3, -0.25) is 9.89 Å². The monoisotopic (exact) mass is 436 g/mol. The third-order valence-corrected chi connectivity index (χ3v) is 7.95. The molecule has 5 heterocycles. The molecule has 1 atom stereocenters. The highest BCUT2D eigenvalue weighted by molar-refractivity contribution is 8.01. The molecule has 3 aliphatic rings. The molecule has 1 unspecified atom stereocenters. The molecular formula is C21H20N6OS2. The summed E-state index contributed by atoms with van der Waals surface area (Å²) < 4.78 is 1.16. The van der Waals surface area contributed by atoms with Crippen LogP contribution in [0, 0.1) is 0 Å². The smallest absolute Gasteiger partial charge is 0.175 e. The van der Waals surface area contributed by atoms with Crippen LogP contribution in [-0.4, -0.2) is 39.0 Å². The van der Waals surface area contributed by atoms with Crippen LogP contribution in [0.1, 0.15) is 41.1 Å². The van der Waals surface area contributed by atoms with Crippen LogP contribution in [0.2, 0.25) is 0 Å². The zero-order chi connectivity index (χ0) is 20.2. The molecule has 0 saturated carbocycles. The maximum absolute atomic E-state index is 12.8. The number of fused-ring (bicyclic) bond motifs is 2. The number of hydrogen-bond acceptors (Lipinski definition) is 7. The van der Waals surface area contributed by atoms with Crippen molar-refractivity contribution in [3.63, 3.8) is 0 Å². The van der Waals surface area contributed by atoms with E-state index in [1.54, 1.807) is 23.1 Å². The molecule has 4 N–H and O–H groups in total. The van der Waals surface area contributed by atoms with E-state index in [-0.39, 0.29) is 11.7 Å². The fourth-order valence-corrected chi connectivity index (χ4v) is 6.55. The minimum absolute atomic E-state index is 0.0839. The van der Waals surface area contributed by atoms with Crippen LogP contribution in [-0.2, 0) is 11.2 Å². The predicted octanol–water partition coefficient (Wildman–Crippen LogP) is 3.68. The average Bonchev–Trinajstić information content (AvgIpc) is 3.45. The van der Waals surface area contributed by atoms with Gasteiger partial charge >= 0.3 is 0 Å². The number of carbonyl (C=O) groups is 1. The second-order valence-corrected chi connectivity index (χ2v) is 10.2. The Morgan fingerprint density at radius 1 is 1.23 bits per heavy atom. The normalized spacial score (nSPS) is 20.4. The minimum Gasteiger partial charge on any atom is -0.342 e. The number of ketones is 1. The van der Waals surface area contributed by atoms with Gasteiger partial charge in [0.25, 0.3) is 0 Å². The molecule has 9 heteroatoms. The third kappa shape index (κ3) is 2.96. The van der Waals surface area contributed by atoms with Gasteiger partial charge in [0.1, 0.15) is 5.82 Å². The van der Waals surface area contributed by atoms with Gasteiger partial charge in [0.05, 0.1) is 28.6 Å². The van der Waals surface area contributed by atoms with Crippen molar-refractivity contribution < 1.29 is 4.79 Å². The van der Waals surface area contributed by atoms with Gasteiger partial charge in [0.15, 0.2) is 10.9 Å². The molecule has 0 spiro atoms. The molecule has 7 nitrogen and oxygen atoms in total. The first kappa shape index (κ1) is 18.2. The molecule has 0 amide bonds. The number of aryl methyl sites for hydroxylation is 1. The van der Waals surface area contributed by atoms with Crippen molar-refractivity contribution in [1.29, 1.82) is 0 Å². The summed E-state index contributed by atoms with van der Waals surface area (Å²) in [7, 11) is 0. The van der Waals surface area contributed by atoms with E-state index in [1.165, 1.54) is 11.3 Å². The van der Waals surface area contributed by atoms with Crippen molar-refractivity contribution >= 4 is 40.8 Å². The lowest BCUT2D eigenvalue weighted by atomic mass is 9.83. The summed E-state index contributed by atoms with van der Waals surface area (Å²) in [5, 5.41) is 14.7. The number of allylic oxidation sites excluding steroid dienone is 1. The molecule has 0 bridgehead atoms. The first-order chi connectivity index (χ1) is 14.7. The SMILES string of the molecule is CC1=Cc2nc(Sc3ccc(C4C5=C(CNCC5=O)Nc5[nH]ncc54)s3)[nH]c2CC1. The van der Waals surface area contributed by atoms with Gasteiger partial charge < -0.3 is 15.6 Å². The lowest BCUT2D eigenvalue weighted by Crippen LogP contribution is -2.39. The highest BCUT2D eigenvalue weighted by atomic mass is 32.2. The summed E-state index contributed by atoms with van der Waals surface area (Å²) in [5.41, 5.74) is 6.48. The molecule has 1 aliphatic carbocycles. The molecule has 0 radical (unpaired) electrons. The summed E-state index contributed by atoms with van der Waals surface area (Å²) >= 11 is 3.37. The van der Waals surface area contributed by atoms with Crippen LogP contribution >= 0.6 is 23.1 Å². The fourth-order valence-electron chi connectivity index (χ4n) is 4.35. The van der Waals surface area contributed by atoms with Gasteiger partial charge in [0.2, 0.25) is 0 Å². The number of rotatable bonds is 3. The predicted molar refractivity (Wildman–Crippen MR) is 118 cm³/mol. The van der Waals surface area contributed by atoms with Gasteiger partial charge in [-0.1, -0.05) is 5.57 Å². The van der Waals surface area contributed by atoms with Crippen LogP contribution in [0.15, 0.2) is 44.5 Å². The third-order valence-electron chi connectivity index (χ3n) is 5.78. The highest BCUT2D eigenvalue weighted by Crippen LogP contribution is 2.46. The van der Waals surface area contributed by atoms with E-state index in [1.807, 2.05) is 6.20 Å². The van der Waals surface area contributed by atoms with E-state index in [4.69, 9.17) is 4.98 Å². The standard InChI is InChI=1S/C21H20N6OS2/c1-10-2-3-12-13(6-10)26-21(25-12)30-17-5-4-16(29-17)18-11-7-23-27-20(11)24-14-8-22-9-15(28)19(14)18/h4-7,18,22H,2-3,8-9H2,1H3,(H,25,26)(H2,23,24,27). The van der Waals surface area contributed by atoms with E-state index in [0.717, 1.165) is 55.4 Å². The Labute approximate surface area is 181 Å². The van der Waals surface area contributed by atoms with Crippen LogP contribution in [0.3, 0.4) is 0 Å². The van der Waals surface area contributed by atoms with Crippen LogP contribution < -0.4 is 10.6 Å². The molecule has 152 valence electrons.